The molecule has 1 heterocycles. The minimum atomic E-state index is -0.589. The Balaban J connectivity index is 1.53. The number of carbonyl (C=O) groups excluding carboxylic acids is 3. The molecule has 0 unspecified atom stereocenters. The van der Waals surface area contributed by atoms with Gasteiger partial charge in [0.15, 0.2) is 6.61 Å². The van der Waals surface area contributed by atoms with Crippen LogP contribution >= 0.6 is 11.6 Å². The van der Waals surface area contributed by atoms with Crippen molar-refractivity contribution < 1.29 is 19.1 Å². The van der Waals surface area contributed by atoms with Crippen molar-refractivity contribution in [2.24, 2.45) is 5.92 Å². The summed E-state index contributed by atoms with van der Waals surface area (Å²) >= 11 is 6.03. The van der Waals surface area contributed by atoms with Gasteiger partial charge in [0.2, 0.25) is 5.91 Å². The first-order valence-corrected chi connectivity index (χ1v) is 9.87. The van der Waals surface area contributed by atoms with Crippen molar-refractivity contribution in [1.29, 1.82) is 0 Å². The summed E-state index contributed by atoms with van der Waals surface area (Å²) in [5.74, 6) is -1.73. The number of hydrogen-bond donors (Lipinski definition) is 1. The molecule has 152 valence electrons. The topological polar surface area (TPSA) is 75.7 Å². The average Bonchev–Trinajstić information content (AvgIpc) is 3.11. The van der Waals surface area contributed by atoms with Crippen LogP contribution in [-0.2, 0) is 25.5 Å². The molecule has 0 spiro atoms. The lowest BCUT2D eigenvalue weighted by molar-refractivity contribution is -0.151. The highest BCUT2D eigenvalue weighted by molar-refractivity contribution is 6.31. The molecule has 1 aliphatic heterocycles. The zero-order chi connectivity index (χ0) is 21.0. The molecule has 29 heavy (non-hydrogen) atoms. The molecule has 0 radical (unpaired) electrons. The maximum Gasteiger partial charge on any atom is 0.311 e. The highest BCUT2D eigenvalue weighted by Gasteiger charge is 2.36. The molecule has 2 aromatic rings. The molecule has 1 atom stereocenters. The molecule has 1 aliphatic rings. The minimum absolute atomic E-state index is 0.0728. The Hall–Kier alpha value is -2.86. The summed E-state index contributed by atoms with van der Waals surface area (Å²) in [6.07, 6.45) is 0.989. The van der Waals surface area contributed by atoms with Gasteiger partial charge in [-0.1, -0.05) is 36.7 Å². The Bertz CT molecular complexity index is 927. The van der Waals surface area contributed by atoms with Crippen molar-refractivity contribution in [3.8, 4) is 0 Å². The number of carbonyl (C=O) groups is 3. The lowest BCUT2D eigenvalue weighted by Crippen LogP contribution is -2.28. The van der Waals surface area contributed by atoms with Gasteiger partial charge in [0.1, 0.15) is 0 Å². The predicted octanol–water partition coefficient (Wildman–Crippen LogP) is 3.75. The van der Waals surface area contributed by atoms with Crippen molar-refractivity contribution >= 4 is 40.8 Å². The van der Waals surface area contributed by atoms with E-state index in [2.05, 4.69) is 12.2 Å². The molecule has 0 saturated carbocycles. The standard InChI is InChI=1S/C22H23ClN2O4/c1-3-15-7-9-17(10-8-15)25-12-16(11-21(25)27)22(28)29-13-20(26)24-19-6-4-5-18(23)14(19)2/h4-10,16H,3,11-13H2,1-2H3,(H,24,26)/t16-/m1/s1. The van der Waals surface area contributed by atoms with Crippen LogP contribution < -0.4 is 10.2 Å². The first-order valence-electron chi connectivity index (χ1n) is 9.50. The Morgan fingerprint density at radius 1 is 1.21 bits per heavy atom. The number of nitrogens with one attached hydrogen (secondary N) is 1. The number of halogens is 1. The van der Waals surface area contributed by atoms with E-state index in [-0.39, 0.29) is 18.9 Å². The van der Waals surface area contributed by atoms with Crippen LogP contribution in [0.5, 0.6) is 0 Å². The number of benzene rings is 2. The maximum absolute atomic E-state index is 12.3. The number of rotatable bonds is 6. The number of esters is 1. The van der Waals surface area contributed by atoms with Crippen molar-refractivity contribution in [2.45, 2.75) is 26.7 Å². The van der Waals surface area contributed by atoms with E-state index in [1.54, 1.807) is 30.0 Å². The van der Waals surface area contributed by atoms with Crippen LogP contribution in [0.15, 0.2) is 42.5 Å². The fourth-order valence-corrected chi connectivity index (χ4v) is 3.38. The van der Waals surface area contributed by atoms with Crippen LogP contribution in [0.25, 0.3) is 0 Å². The van der Waals surface area contributed by atoms with Gasteiger partial charge in [0.05, 0.1) is 5.92 Å². The van der Waals surface area contributed by atoms with Gasteiger partial charge in [0, 0.05) is 29.4 Å². The number of amides is 2. The van der Waals surface area contributed by atoms with E-state index in [1.165, 1.54) is 5.56 Å². The van der Waals surface area contributed by atoms with Crippen molar-refractivity contribution in [3.63, 3.8) is 0 Å². The largest absolute Gasteiger partial charge is 0.455 e. The van der Waals surface area contributed by atoms with Crippen LogP contribution in [0.1, 0.15) is 24.5 Å². The molecule has 7 heteroatoms. The normalized spacial score (nSPS) is 16.0. The summed E-state index contributed by atoms with van der Waals surface area (Å²) in [7, 11) is 0. The van der Waals surface area contributed by atoms with Crippen LogP contribution in [0.4, 0.5) is 11.4 Å². The first-order chi connectivity index (χ1) is 13.9. The molecule has 6 nitrogen and oxygen atoms in total. The zero-order valence-corrected chi connectivity index (χ0v) is 17.2. The fourth-order valence-electron chi connectivity index (χ4n) is 3.21. The number of anilines is 2. The van der Waals surface area contributed by atoms with Gasteiger partial charge >= 0.3 is 5.97 Å². The van der Waals surface area contributed by atoms with E-state index in [0.29, 0.717) is 10.7 Å². The van der Waals surface area contributed by atoms with Crippen LogP contribution in [0, 0.1) is 12.8 Å². The van der Waals surface area contributed by atoms with E-state index in [1.807, 2.05) is 24.3 Å². The number of aryl methyl sites for hydroxylation is 1. The average molecular weight is 415 g/mol. The van der Waals surface area contributed by atoms with Crippen molar-refractivity contribution in [1.82, 2.24) is 0 Å². The number of ether oxygens (including phenoxy) is 1. The second-order valence-electron chi connectivity index (χ2n) is 6.99. The van der Waals surface area contributed by atoms with Gasteiger partial charge in [-0.3, -0.25) is 14.4 Å². The molecule has 0 aliphatic carbocycles. The highest BCUT2D eigenvalue weighted by Crippen LogP contribution is 2.26. The summed E-state index contributed by atoms with van der Waals surface area (Å²) in [4.78, 5) is 38.3. The second kappa shape index (κ2) is 9.09. The number of nitrogens with zero attached hydrogens (tertiary/aromatic N) is 1. The quantitative estimate of drug-likeness (QED) is 0.730. The molecular weight excluding hydrogens is 392 g/mol. The van der Waals surface area contributed by atoms with E-state index >= 15 is 0 Å². The molecule has 0 bridgehead atoms. The molecule has 3 rings (SSSR count). The zero-order valence-electron chi connectivity index (χ0n) is 16.4. The molecule has 2 amide bonds. The number of hydrogen-bond acceptors (Lipinski definition) is 4. The SMILES string of the molecule is CCc1ccc(N2C[C@H](C(=O)OCC(=O)Nc3cccc(Cl)c3C)CC2=O)cc1. The Morgan fingerprint density at radius 3 is 2.62 bits per heavy atom. The summed E-state index contributed by atoms with van der Waals surface area (Å²) in [6, 6.07) is 12.9. The van der Waals surface area contributed by atoms with Gasteiger partial charge in [-0.15, -0.1) is 0 Å². The Morgan fingerprint density at radius 2 is 1.93 bits per heavy atom. The Labute approximate surface area is 174 Å². The fraction of sp³-hybridized carbons (Fsp3) is 0.318. The van der Waals surface area contributed by atoms with Gasteiger partial charge in [-0.25, -0.2) is 0 Å². The molecule has 0 aromatic heterocycles. The maximum atomic E-state index is 12.3. The van der Waals surface area contributed by atoms with E-state index in [9.17, 15) is 14.4 Å². The molecule has 1 N–H and O–H groups in total. The van der Waals surface area contributed by atoms with E-state index in [0.717, 1.165) is 17.7 Å². The van der Waals surface area contributed by atoms with Gasteiger partial charge in [-0.05, 0) is 48.7 Å². The predicted molar refractivity (Wildman–Crippen MR) is 112 cm³/mol. The first kappa shape index (κ1) is 20.9. The molecule has 1 fully saturated rings. The summed E-state index contributed by atoms with van der Waals surface area (Å²) in [5, 5.41) is 3.21. The minimum Gasteiger partial charge on any atom is -0.455 e. The lowest BCUT2D eigenvalue weighted by atomic mass is 10.1. The third kappa shape index (κ3) is 4.95. The molecule has 1 saturated heterocycles. The smallest absolute Gasteiger partial charge is 0.311 e. The van der Waals surface area contributed by atoms with Gasteiger partial charge in [-0.2, -0.15) is 0 Å². The summed E-state index contributed by atoms with van der Waals surface area (Å²) < 4.78 is 5.14. The third-order valence-electron chi connectivity index (χ3n) is 5.00. The molecule has 2 aromatic carbocycles. The highest BCUT2D eigenvalue weighted by atomic mass is 35.5. The van der Waals surface area contributed by atoms with Crippen LogP contribution in [-0.4, -0.2) is 30.9 Å². The van der Waals surface area contributed by atoms with Gasteiger partial charge < -0.3 is 15.0 Å². The Kier molecular flexibility index (Phi) is 6.54. The summed E-state index contributed by atoms with van der Waals surface area (Å²) in [5.41, 5.74) is 3.24. The van der Waals surface area contributed by atoms with E-state index in [4.69, 9.17) is 16.3 Å². The van der Waals surface area contributed by atoms with Crippen LogP contribution in [0.2, 0.25) is 5.02 Å². The lowest BCUT2D eigenvalue weighted by Gasteiger charge is -2.17. The van der Waals surface area contributed by atoms with Crippen molar-refractivity contribution in [2.75, 3.05) is 23.4 Å². The van der Waals surface area contributed by atoms with Gasteiger partial charge in [0.25, 0.3) is 5.91 Å². The van der Waals surface area contributed by atoms with Crippen LogP contribution in [0.3, 0.4) is 0 Å². The van der Waals surface area contributed by atoms with E-state index < -0.39 is 24.4 Å². The second-order valence-corrected chi connectivity index (χ2v) is 7.40. The molecular formula is C22H23ClN2O4. The summed E-state index contributed by atoms with van der Waals surface area (Å²) in [6.45, 7) is 3.68. The van der Waals surface area contributed by atoms with Crippen molar-refractivity contribution in [3.05, 3.63) is 58.6 Å². The third-order valence-corrected chi connectivity index (χ3v) is 5.41. The monoisotopic (exact) mass is 414 g/mol.